The van der Waals surface area contributed by atoms with Gasteiger partial charge in [0, 0.05) is 23.7 Å². The molecule has 0 atom stereocenters. The average molecular weight is 365 g/mol. The number of fused-ring (bicyclic) bond motifs is 1. The van der Waals surface area contributed by atoms with Crippen LogP contribution in [-0.2, 0) is 6.54 Å². The number of unbranched alkanes of at least 4 members (excludes halogenated alkanes) is 1. The molecule has 0 radical (unpaired) electrons. The maximum atomic E-state index is 5.67. The van der Waals surface area contributed by atoms with Crippen LogP contribution in [0.3, 0.4) is 0 Å². The molecule has 2 N–H and O–H groups in total. The van der Waals surface area contributed by atoms with Crippen LogP contribution >= 0.6 is 0 Å². The van der Waals surface area contributed by atoms with Gasteiger partial charge >= 0.3 is 0 Å². The Kier molecular flexibility index (Phi) is 4.98. The van der Waals surface area contributed by atoms with E-state index in [1.54, 1.807) is 7.11 Å². The van der Waals surface area contributed by atoms with Crippen molar-refractivity contribution in [1.29, 1.82) is 0 Å². The third-order valence-electron chi connectivity index (χ3n) is 4.69. The minimum atomic E-state index is 0.225. The number of hydrogen-bond acceptors (Lipinski definition) is 5. The van der Waals surface area contributed by atoms with E-state index in [1.807, 2.05) is 36.7 Å². The normalized spacial score (nSPS) is 12.4. The number of benzene rings is 2. The fourth-order valence-electron chi connectivity index (χ4n) is 3.35. The Morgan fingerprint density at radius 3 is 2.63 bits per heavy atom. The highest BCUT2D eigenvalue weighted by molar-refractivity contribution is 5.83. The Balaban J connectivity index is 1.86. The van der Waals surface area contributed by atoms with Crippen molar-refractivity contribution in [1.82, 2.24) is 9.55 Å². The first-order valence-corrected chi connectivity index (χ1v) is 9.10. The van der Waals surface area contributed by atoms with Gasteiger partial charge in [-0.25, -0.2) is 4.98 Å². The largest absolute Gasteiger partial charge is 0.496 e. The Hall–Kier alpha value is -2.99. The van der Waals surface area contributed by atoms with Crippen molar-refractivity contribution in [2.24, 2.45) is 5.73 Å². The van der Waals surface area contributed by atoms with Gasteiger partial charge in [0.15, 0.2) is 11.5 Å². The van der Waals surface area contributed by atoms with E-state index in [0.29, 0.717) is 12.3 Å². The van der Waals surface area contributed by atoms with Crippen molar-refractivity contribution in [3.63, 3.8) is 0 Å². The minimum absolute atomic E-state index is 0.225. The standard InChI is InChI=1S/C21H23N3O3/c1-25-17-12-19-18(26-14-27-19)11-16(17)21-20(15-7-3-2-4-8-15)23-13-24(21)10-6-5-9-22/h2-4,7-8,11-13H,5-6,9-10,14,22H2,1H3. The van der Waals surface area contributed by atoms with Crippen molar-refractivity contribution in [3.05, 3.63) is 48.8 Å². The summed E-state index contributed by atoms with van der Waals surface area (Å²) in [4.78, 5) is 4.71. The monoisotopic (exact) mass is 365 g/mol. The zero-order valence-electron chi connectivity index (χ0n) is 15.4. The molecule has 0 aliphatic carbocycles. The van der Waals surface area contributed by atoms with Crippen LogP contribution in [0, 0.1) is 0 Å². The van der Waals surface area contributed by atoms with Crippen LogP contribution in [0.2, 0.25) is 0 Å². The van der Waals surface area contributed by atoms with E-state index in [1.165, 1.54) is 0 Å². The summed E-state index contributed by atoms with van der Waals surface area (Å²) in [5.74, 6) is 2.16. The molecule has 3 aromatic rings. The summed E-state index contributed by atoms with van der Waals surface area (Å²) >= 11 is 0. The molecule has 6 heteroatoms. The second-order valence-electron chi connectivity index (χ2n) is 6.40. The van der Waals surface area contributed by atoms with Crippen LogP contribution in [0.25, 0.3) is 22.5 Å². The number of imidazole rings is 1. The first-order chi connectivity index (χ1) is 13.3. The molecule has 0 fully saturated rings. The van der Waals surface area contributed by atoms with Crippen LogP contribution in [0.1, 0.15) is 12.8 Å². The van der Waals surface area contributed by atoms with Gasteiger partial charge in [-0.15, -0.1) is 0 Å². The number of aryl methyl sites for hydroxylation is 1. The van der Waals surface area contributed by atoms with E-state index < -0.39 is 0 Å². The molecule has 4 rings (SSSR count). The highest BCUT2D eigenvalue weighted by atomic mass is 16.7. The van der Waals surface area contributed by atoms with Crippen molar-refractivity contribution in [2.75, 3.05) is 20.4 Å². The van der Waals surface area contributed by atoms with Gasteiger partial charge in [0.05, 0.1) is 24.8 Å². The fourth-order valence-corrected chi connectivity index (χ4v) is 3.35. The predicted octanol–water partition coefficient (Wildman–Crippen LogP) is 3.69. The number of hydrogen-bond donors (Lipinski definition) is 1. The molecule has 1 aliphatic heterocycles. The number of aromatic nitrogens is 2. The summed E-state index contributed by atoms with van der Waals surface area (Å²) in [6.45, 7) is 1.75. The van der Waals surface area contributed by atoms with Gasteiger partial charge in [-0.3, -0.25) is 0 Å². The Morgan fingerprint density at radius 2 is 1.89 bits per heavy atom. The Labute approximate surface area is 158 Å². The zero-order valence-corrected chi connectivity index (χ0v) is 15.4. The summed E-state index contributed by atoms with van der Waals surface area (Å²) < 4.78 is 18.9. The SMILES string of the molecule is COc1cc2c(cc1-c1c(-c3ccccc3)ncn1CCCCN)OCO2. The Bertz CT molecular complexity index is 922. The van der Waals surface area contributed by atoms with E-state index in [0.717, 1.165) is 53.4 Å². The second kappa shape index (κ2) is 7.72. The summed E-state index contributed by atoms with van der Waals surface area (Å²) in [7, 11) is 1.67. The van der Waals surface area contributed by atoms with Gasteiger partial charge in [0.2, 0.25) is 6.79 Å². The van der Waals surface area contributed by atoms with Gasteiger partial charge in [0.25, 0.3) is 0 Å². The Morgan fingerprint density at radius 1 is 1.11 bits per heavy atom. The summed E-state index contributed by atoms with van der Waals surface area (Å²) in [5, 5.41) is 0. The number of nitrogens with zero attached hydrogens (tertiary/aromatic N) is 2. The summed E-state index contributed by atoms with van der Waals surface area (Å²) in [5.41, 5.74) is 9.59. The lowest BCUT2D eigenvalue weighted by molar-refractivity contribution is 0.174. The maximum Gasteiger partial charge on any atom is 0.231 e. The number of nitrogens with two attached hydrogens (primary N) is 1. The molecule has 0 saturated heterocycles. The molecule has 27 heavy (non-hydrogen) atoms. The minimum Gasteiger partial charge on any atom is -0.496 e. The molecule has 0 bridgehead atoms. The van der Waals surface area contributed by atoms with E-state index in [4.69, 9.17) is 24.9 Å². The van der Waals surface area contributed by atoms with Crippen LogP contribution in [0.15, 0.2) is 48.8 Å². The molecular formula is C21H23N3O3. The maximum absolute atomic E-state index is 5.67. The topological polar surface area (TPSA) is 71.5 Å². The first kappa shape index (κ1) is 17.4. The van der Waals surface area contributed by atoms with Crippen molar-refractivity contribution in [2.45, 2.75) is 19.4 Å². The van der Waals surface area contributed by atoms with Crippen LogP contribution in [0.4, 0.5) is 0 Å². The molecule has 2 aromatic carbocycles. The van der Waals surface area contributed by atoms with Gasteiger partial charge in [0.1, 0.15) is 5.75 Å². The van der Waals surface area contributed by atoms with E-state index in [-0.39, 0.29) is 6.79 Å². The highest BCUT2D eigenvalue weighted by Crippen LogP contribution is 2.44. The van der Waals surface area contributed by atoms with Gasteiger partial charge in [-0.2, -0.15) is 0 Å². The van der Waals surface area contributed by atoms with Crippen molar-refractivity contribution >= 4 is 0 Å². The number of methoxy groups -OCH3 is 1. The zero-order chi connectivity index (χ0) is 18.6. The van der Waals surface area contributed by atoms with Gasteiger partial charge < -0.3 is 24.5 Å². The van der Waals surface area contributed by atoms with Crippen LogP contribution in [-0.4, -0.2) is 30.0 Å². The first-order valence-electron chi connectivity index (χ1n) is 9.10. The molecule has 1 aromatic heterocycles. The lowest BCUT2D eigenvalue weighted by Gasteiger charge is -2.14. The molecular weight excluding hydrogens is 342 g/mol. The molecule has 140 valence electrons. The third-order valence-corrected chi connectivity index (χ3v) is 4.69. The lowest BCUT2D eigenvalue weighted by Crippen LogP contribution is -2.04. The third kappa shape index (κ3) is 3.36. The van der Waals surface area contributed by atoms with Crippen LogP contribution < -0.4 is 19.9 Å². The second-order valence-corrected chi connectivity index (χ2v) is 6.40. The highest BCUT2D eigenvalue weighted by Gasteiger charge is 2.23. The quantitative estimate of drug-likeness (QED) is 0.647. The van der Waals surface area contributed by atoms with Gasteiger partial charge in [-0.1, -0.05) is 30.3 Å². The molecule has 6 nitrogen and oxygen atoms in total. The smallest absolute Gasteiger partial charge is 0.231 e. The molecule has 0 spiro atoms. The van der Waals surface area contributed by atoms with Crippen molar-refractivity contribution < 1.29 is 14.2 Å². The average Bonchev–Trinajstić information content (AvgIpc) is 3.34. The van der Waals surface area contributed by atoms with E-state index in [9.17, 15) is 0 Å². The predicted molar refractivity (Wildman–Crippen MR) is 104 cm³/mol. The van der Waals surface area contributed by atoms with E-state index >= 15 is 0 Å². The van der Waals surface area contributed by atoms with Crippen molar-refractivity contribution in [3.8, 4) is 39.8 Å². The fraction of sp³-hybridized carbons (Fsp3) is 0.286. The number of ether oxygens (including phenoxy) is 3. The number of rotatable bonds is 7. The summed E-state index contributed by atoms with van der Waals surface area (Å²) in [6.07, 6.45) is 3.84. The van der Waals surface area contributed by atoms with E-state index in [2.05, 4.69) is 16.7 Å². The molecule has 0 amide bonds. The molecule has 0 saturated carbocycles. The summed E-state index contributed by atoms with van der Waals surface area (Å²) in [6, 6.07) is 14.0. The van der Waals surface area contributed by atoms with Gasteiger partial charge in [-0.05, 0) is 25.5 Å². The molecule has 1 aliphatic rings. The molecule has 0 unspecified atom stereocenters. The van der Waals surface area contributed by atoms with Crippen LogP contribution in [0.5, 0.6) is 17.2 Å². The molecule has 2 heterocycles. The lowest BCUT2D eigenvalue weighted by atomic mass is 10.0.